The Hall–Kier alpha value is -3.50. The van der Waals surface area contributed by atoms with Gasteiger partial charge in [-0.15, -0.1) is 0 Å². The van der Waals surface area contributed by atoms with E-state index >= 15 is 0 Å². The molecule has 1 aliphatic heterocycles. The number of nitrogens with one attached hydrogen (secondary N) is 1. The van der Waals surface area contributed by atoms with Crippen LogP contribution in [0.5, 0.6) is 17.2 Å². The predicted molar refractivity (Wildman–Crippen MR) is 121 cm³/mol. The van der Waals surface area contributed by atoms with E-state index in [0.717, 1.165) is 18.6 Å². The first-order valence-corrected chi connectivity index (χ1v) is 10.8. The van der Waals surface area contributed by atoms with Gasteiger partial charge in [0.1, 0.15) is 30.6 Å². The zero-order valence-corrected chi connectivity index (χ0v) is 18.2. The minimum Gasteiger partial charge on any atom is -0.490 e. The van der Waals surface area contributed by atoms with E-state index in [0.29, 0.717) is 50.0 Å². The van der Waals surface area contributed by atoms with Gasteiger partial charge in [0.05, 0.1) is 12.7 Å². The van der Waals surface area contributed by atoms with Crippen molar-refractivity contribution in [1.82, 2.24) is 5.32 Å². The first-order chi connectivity index (χ1) is 15.7. The molecule has 2 aromatic carbocycles. The Morgan fingerprint density at radius 3 is 2.69 bits per heavy atom. The van der Waals surface area contributed by atoms with Crippen LogP contribution in [0.1, 0.15) is 25.3 Å². The van der Waals surface area contributed by atoms with Crippen LogP contribution in [0.3, 0.4) is 0 Å². The maximum atomic E-state index is 12.4. The van der Waals surface area contributed by atoms with Crippen LogP contribution in [-0.2, 0) is 9.53 Å². The molecule has 1 saturated heterocycles. The van der Waals surface area contributed by atoms with Crippen molar-refractivity contribution in [3.05, 3.63) is 59.7 Å². The number of ether oxygens (including phenoxy) is 4. The van der Waals surface area contributed by atoms with Gasteiger partial charge in [-0.3, -0.25) is 4.79 Å². The first kappa shape index (κ1) is 23.2. The topological polar surface area (TPSA) is 89.8 Å². The van der Waals surface area contributed by atoms with Crippen LogP contribution in [0.2, 0.25) is 0 Å². The van der Waals surface area contributed by atoms with E-state index in [1.165, 1.54) is 6.08 Å². The van der Waals surface area contributed by atoms with Crippen LogP contribution in [0.4, 0.5) is 0 Å². The lowest BCUT2D eigenvalue weighted by atomic mass is 10.1. The second kappa shape index (κ2) is 12.4. The zero-order valence-electron chi connectivity index (χ0n) is 18.2. The highest BCUT2D eigenvalue weighted by Crippen LogP contribution is 2.29. The third-order valence-electron chi connectivity index (χ3n) is 4.81. The summed E-state index contributed by atoms with van der Waals surface area (Å²) in [5.74, 6) is 1.47. The lowest BCUT2D eigenvalue weighted by Crippen LogP contribution is -2.32. The van der Waals surface area contributed by atoms with E-state index in [1.807, 2.05) is 43.3 Å². The highest BCUT2D eigenvalue weighted by Gasteiger charge is 2.18. The summed E-state index contributed by atoms with van der Waals surface area (Å²) in [6.07, 6.45) is 3.47. The number of para-hydroxylation sites is 1. The largest absolute Gasteiger partial charge is 0.490 e. The molecule has 1 fully saturated rings. The molecule has 1 N–H and O–H groups in total. The molecule has 0 radical (unpaired) electrons. The Bertz CT molecular complexity index is 947. The molecule has 0 spiro atoms. The summed E-state index contributed by atoms with van der Waals surface area (Å²) >= 11 is 0. The van der Waals surface area contributed by atoms with Gasteiger partial charge in [-0.2, -0.15) is 5.26 Å². The van der Waals surface area contributed by atoms with Crippen LogP contribution in [0, 0.1) is 11.3 Å². The second-order valence-corrected chi connectivity index (χ2v) is 7.16. The molecule has 1 amide bonds. The molecule has 7 nitrogen and oxygen atoms in total. The van der Waals surface area contributed by atoms with Crippen LogP contribution in [0.25, 0.3) is 6.08 Å². The Morgan fingerprint density at radius 2 is 1.97 bits per heavy atom. The van der Waals surface area contributed by atoms with E-state index in [-0.39, 0.29) is 11.7 Å². The van der Waals surface area contributed by atoms with Gasteiger partial charge in [0.25, 0.3) is 5.91 Å². The lowest BCUT2D eigenvalue weighted by Gasteiger charge is -2.13. The minimum absolute atomic E-state index is 0.0192. The van der Waals surface area contributed by atoms with Crippen molar-refractivity contribution in [3.63, 3.8) is 0 Å². The minimum atomic E-state index is -0.417. The fourth-order valence-corrected chi connectivity index (χ4v) is 3.25. The molecule has 32 heavy (non-hydrogen) atoms. The average molecular weight is 437 g/mol. The van der Waals surface area contributed by atoms with Gasteiger partial charge in [-0.1, -0.05) is 24.3 Å². The average Bonchev–Trinajstić information content (AvgIpc) is 3.34. The van der Waals surface area contributed by atoms with Gasteiger partial charge in [0, 0.05) is 13.2 Å². The molecular weight excluding hydrogens is 408 g/mol. The fourth-order valence-electron chi connectivity index (χ4n) is 3.25. The Balaban J connectivity index is 1.60. The Morgan fingerprint density at radius 1 is 1.16 bits per heavy atom. The number of hydrogen-bond acceptors (Lipinski definition) is 6. The smallest absolute Gasteiger partial charge is 0.262 e. The SMILES string of the molecule is CCOc1cc(/C=C(\C#N)C(=O)NC[C@@H]2CCCO2)ccc1OCCOc1ccccc1. The summed E-state index contributed by atoms with van der Waals surface area (Å²) in [6, 6.07) is 16.8. The summed E-state index contributed by atoms with van der Waals surface area (Å²) in [7, 11) is 0. The normalized spacial score (nSPS) is 15.6. The molecule has 3 rings (SSSR count). The van der Waals surface area contributed by atoms with Gasteiger partial charge in [0.2, 0.25) is 0 Å². The van der Waals surface area contributed by atoms with E-state index < -0.39 is 5.91 Å². The quantitative estimate of drug-likeness (QED) is 0.328. The highest BCUT2D eigenvalue weighted by atomic mass is 16.5. The molecule has 1 atom stereocenters. The third-order valence-corrected chi connectivity index (χ3v) is 4.81. The van der Waals surface area contributed by atoms with Crippen LogP contribution >= 0.6 is 0 Å². The standard InChI is InChI=1S/C25H28N2O5/c1-2-29-24-16-19(15-20(17-26)25(28)27-18-22-9-6-12-30-22)10-11-23(24)32-14-13-31-21-7-4-3-5-8-21/h3-5,7-8,10-11,15-16,22H,2,6,9,12-14,18H2,1H3,(H,27,28)/b20-15+/t22-/m0/s1. The first-order valence-electron chi connectivity index (χ1n) is 10.8. The third kappa shape index (κ3) is 7.03. The van der Waals surface area contributed by atoms with Gasteiger partial charge >= 0.3 is 0 Å². The maximum absolute atomic E-state index is 12.4. The molecule has 1 aliphatic rings. The predicted octanol–water partition coefficient (Wildman–Crippen LogP) is 3.75. The zero-order chi connectivity index (χ0) is 22.6. The molecule has 2 aromatic rings. The summed E-state index contributed by atoms with van der Waals surface area (Å²) in [4.78, 5) is 12.4. The molecule has 0 saturated carbocycles. The molecule has 1 heterocycles. The molecule has 0 unspecified atom stereocenters. The van der Waals surface area contributed by atoms with Crippen molar-refractivity contribution in [2.45, 2.75) is 25.9 Å². The van der Waals surface area contributed by atoms with E-state index in [9.17, 15) is 10.1 Å². The number of carbonyl (C=O) groups is 1. The summed E-state index contributed by atoms with van der Waals surface area (Å²) in [5, 5.41) is 12.2. The number of nitriles is 1. The summed E-state index contributed by atoms with van der Waals surface area (Å²) < 4.78 is 22.6. The van der Waals surface area contributed by atoms with Crippen molar-refractivity contribution < 1.29 is 23.7 Å². The van der Waals surface area contributed by atoms with Gasteiger partial charge in [0.15, 0.2) is 11.5 Å². The van der Waals surface area contributed by atoms with E-state index in [2.05, 4.69) is 5.32 Å². The number of benzene rings is 2. The van der Waals surface area contributed by atoms with Crippen molar-refractivity contribution >= 4 is 12.0 Å². The van der Waals surface area contributed by atoms with Gasteiger partial charge < -0.3 is 24.3 Å². The van der Waals surface area contributed by atoms with Crippen LogP contribution in [-0.4, -0.2) is 45.0 Å². The molecular formula is C25H28N2O5. The van der Waals surface area contributed by atoms with Crippen LogP contribution in [0.15, 0.2) is 54.1 Å². The van der Waals surface area contributed by atoms with Crippen molar-refractivity contribution in [1.29, 1.82) is 5.26 Å². The van der Waals surface area contributed by atoms with E-state index in [4.69, 9.17) is 18.9 Å². The van der Waals surface area contributed by atoms with Gasteiger partial charge in [-0.25, -0.2) is 0 Å². The number of hydrogen-bond donors (Lipinski definition) is 1. The highest BCUT2D eigenvalue weighted by molar-refractivity contribution is 6.01. The summed E-state index contributed by atoms with van der Waals surface area (Å²) in [6.45, 7) is 4.19. The number of amides is 1. The number of carbonyl (C=O) groups excluding carboxylic acids is 1. The van der Waals surface area contributed by atoms with Crippen LogP contribution < -0.4 is 19.5 Å². The fraction of sp³-hybridized carbons (Fsp3) is 0.360. The van der Waals surface area contributed by atoms with Gasteiger partial charge in [-0.05, 0) is 55.7 Å². The number of nitrogens with zero attached hydrogens (tertiary/aromatic N) is 1. The monoisotopic (exact) mass is 436 g/mol. The summed E-state index contributed by atoms with van der Waals surface area (Å²) in [5.41, 5.74) is 0.695. The molecule has 0 bridgehead atoms. The van der Waals surface area contributed by atoms with E-state index in [1.54, 1.807) is 18.2 Å². The second-order valence-electron chi connectivity index (χ2n) is 7.16. The Labute approximate surface area is 188 Å². The number of rotatable bonds is 11. The lowest BCUT2D eigenvalue weighted by molar-refractivity contribution is -0.117. The molecule has 0 aromatic heterocycles. The van der Waals surface area contributed by atoms with Crippen molar-refractivity contribution in [2.24, 2.45) is 0 Å². The van der Waals surface area contributed by atoms with Crippen molar-refractivity contribution in [2.75, 3.05) is 33.0 Å². The molecule has 168 valence electrons. The maximum Gasteiger partial charge on any atom is 0.262 e. The Kier molecular flexibility index (Phi) is 8.96. The molecule has 7 heteroatoms. The van der Waals surface area contributed by atoms with Crippen molar-refractivity contribution in [3.8, 4) is 23.3 Å². The molecule has 0 aliphatic carbocycles.